The molecule has 2 heterocycles. The fourth-order valence-corrected chi connectivity index (χ4v) is 4.13. The molecule has 0 spiro atoms. The third-order valence-electron chi connectivity index (χ3n) is 4.03. The lowest BCUT2D eigenvalue weighted by Crippen LogP contribution is -2.32. The normalized spacial score (nSPS) is 18.9. The molecule has 0 fully saturated rings. The second-order valence-electron chi connectivity index (χ2n) is 5.15. The molecular weight excluding hydrogens is 334 g/mol. The summed E-state index contributed by atoms with van der Waals surface area (Å²) in [6.45, 7) is 4.38. The van der Waals surface area contributed by atoms with E-state index in [1.54, 1.807) is 12.0 Å². The largest absolute Gasteiger partial charge is 0.497 e. The second-order valence-corrected chi connectivity index (χ2v) is 7.01. The molecule has 4 heteroatoms. The lowest BCUT2D eigenvalue weighted by atomic mass is 10.0. The summed E-state index contributed by atoms with van der Waals surface area (Å²) in [6, 6.07) is 8.95. The van der Waals surface area contributed by atoms with Crippen molar-refractivity contribution in [1.29, 1.82) is 0 Å². The Bertz CT molecular complexity index is 610. The highest BCUT2D eigenvalue weighted by Crippen LogP contribution is 2.35. The molecule has 106 valence electrons. The minimum absolute atomic E-state index is 0.489. The van der Waals surface area contributed by atoms with Crippen molar-refractivity contribution < 1.29 is 4.74 Å². The number of hydrogen-bond acceptors (Lipinski definition) is 3. The Morgan fingerprint density at radius 3 is 3.05 bits per heavy atom. The zero-order valence-corrected chi connectivity index (χ0v) is 14.1. The van der Waals surface area contributed by atoms with Crippen LogP contribution >= 0.6 is 27.3 Å². The molecule has 0 aliphatic carbocycles. The van der Waals surface area contributed by atoms with Crippen LogP contribution in [0, 0.1) is 0 Å². The minimum atomic E-state index is 0.489. The first kappa shape index (κ1) is 14.1. The standard InChI is InChI=1S/C16H18BrNOS/c1-11-14-6-8-20-16(14)5-7-18(11)10-12-9-13(19-2)3-4-15(12)17/h3-4,6,8-9,11H,5,7,10H2,1-2H3. The lowest BCUT2D eigenvalue weighted by Gasteiger charge is -2.33. The van der Waals surface area contributed by atoms with E-state index in [4.69, 9.17) is 4.74 Å². The Labute approximate surface area is 132 Å². The van der Waals surface area contributed by atoms with Crippen molar-refractivity contribution in [2.75, 3.05) is 13.7 Å². The van der Waals surface area contributed by atoms with Gasteiger partial charge in [-0.05, 0) is 54.1 Å². The van der Waals surface area contributed by atoms with Crippen LogP contribution in [0.4, 0.5) is 0 Å². The second kappa shape index (κ2) is 5.88. The van der Waals surface area contributed by atoms with Gasteiger partial charge in [-0.25, -0.2) is 0 Å². The first-order valence-corrected chi connectivity index (χ1v) is 8.49. The maximum Gasteiger partial charge on any atom is 0.119 e. The number of rotatable bonds is 3. The Morgan fingerprint density at radius 2 is 2.25 bits per heavy atom. The molecule has 1 atom stereocenters. The van der Waals surface area contributed by atoms with Gasteiger partial charge in [0, 0.05) is 28.5 Å². The zero-order chi connectivity index (χ0) is 14.1. The average Bonchev–Trinajstić information content (AvgIpc) is 2.93. The van der Waals surface area contributed by atoms with Gasteiger partial charge < -0.3 is 4.74 Å². The van der Waals surface area contributed by atoms with Gasteiger partial charge >= 0.3 is 0 Å². The molecule has 0 radical (unpaired) electrons. The molecule has 0 N–H and O–H groups in total. The fourth-order valence-electron chi connectivity index (χ4n) is 2.80. The predicted octanol–water partition coefficient (Wildman–Crippen LogP) is 4.64. The highest BCUT2D eigenvalue weighted by molar-refractivity contribution is 9.10. The summed E-state index contributed by atoms with van der Waals surface area (Å²) in [6.07, 6.45) is 1.17. The highest BCUT2D eigenvalue weighted by Gasteiger charge is 2.25. The number of fused-ring (bicyclic) bond motifs is 1. The van der Waals surface area contributed by atoms with Crippen molar-refractivity contribution in [3.63, 3.8) is 0 Å². The van der Waals surface area contributed by atoms with Gasteiger partial charge in [-0.3, -0.25) is 4.90 Å². The number of halogens is 1. The topological polar surface area (TPSA) is 12.5 Å². The summed E-state index contributed by atoms with van der Waals surface area (Å²) >= 11 is 5.54. The van der Waals surface area contributed by atoms with Crippen molar-refractivity contribution in [1.82, 2.24) is 4.90 Å². The third kappa shape index (κ3) is 2.65. The monoisotopic (exact) mass is 351 g/mol. The molecule has 1 unspecified atom stereocenters. The van der Waals surface area contributed by atoms with Crippen LogP contribution in [0.3, 0.4) is 0 Å². The number of benzene rings is 1. The molecule has 1 aliphatic heterocycles. The predicted molar refractivity (Wildman–Crippen MR) is 87.5 cm³/mol. The van der Waals surface area contributed by atoms with Gasteiger partial charge in [-0.15, -0.1) is 11.3 Å². The first-order chi connectivity index (χ1) is 9.69. The van der Waals surface area contributed by atoms with Gasteiger partial charge in [-0.2, -0.15) is 0 Å². The molecule has 0 saturated carbocycles. The number of ether oxygens (including phenoxy) is 1. The van der Waals surface area contributed by atoms with Crippen molar-refractivity contribution in [3.05, 3.63) is 50.1 Å². The van der Waals surface area contributed by atoms with E-state index in [9.17, 15) is 0 Å². The van der Waals surface area contributed by atoms with E-state index >= 15 is 0 Å². The van der Waals surface area contributed by atoms with E-state index in [0.29, 0.717) is 6.04 Å². The van der Waals surface area contributed by atoms with Crippen LogP contribution < -0.4 is 4.74 Å². The van der Waals surface area contributed by atoms with Crippen LogP contribution in [0.25, 0.3) is 0 Å². The maximum absolute atomic E-state index is 5.33. The summed E-state index contributed by atoms with van der Waals surface area (Å²) in [5, 5.41) is 2.21. The summed E-state index contributed by atoms with van der Waals surface area (Å²) in [7, 11) is 1.72. The van der Waals surface area contributed by atoms with E-state index in [2.05, 4.69) is 51.3 Å². The number of thiophene rings is 1. The van der Waals surface area contributed by atoms with Crippen molar-refractivity contribution in [3.8, 4) is 5.75 Å². The van der Waals surface area contributed by atoms with Crippen LogP contribution in [-0.4, -0.2) is 18.6 Å². The molecular formula is C16H18BrNOS. The SMILES string of the molecule is COc1ccc(Br)c(CN2CCc3sccc3C2C)c1. The zero-order valence-electron chi connectivity index (χ0n) is 11.7. The van der Waals surface area contributed by atoms with E-state index in [0.717, 1.165) is 23.3 Å². The van der Waals surface area contributed by atoms with E-state index in [-0.39, 0.29) is 0 Å². The van der Waals surface area contributed by atoms with Crippen LogP contribution in [-0.2, 0) is 13.0 Å². The maximum atomic E-state index is 5.33. The molecule has 1 aromatic carbocycles. The highest BCUT2D eigenvalue weighted by atomic mass is 79.9. The number of methoxy groups -OCH3 is 1. The van der Waals surface area contributed by atoms with Gasteiger partial charge in [0.05, 0.1) is 7.11 Å². The van der Waals surface area contributed by atoms with Crippen LogP contribution in [0.1, 0.15) is 29.0 Å². The molecule has 3 rings (SSSR count). The van der Waals surface area contributed by atoms with Gasteiger partial charge in [0.25, 0.3) is 0 Å². The van der Waals surface area contributed by atoms with Gasteiger partial charge in [-0.1, -0.05) is 15.9 Å². The van der Waals surface area contributed by atoms with Crippen molar-refractivity contribution in [2.45, 2.75) is 25.9 Å². The third-order valence-corrected chi connectivity index (χ3v) is 5.80. The Kier molecular flexibility index (Phi) is 4.15. The number of hydrogen-bond donors (Lipinski definition) is 0. The van der Waals surface area contributed by atoms with Gasteiger partial charge in [0.1, 0.15) is 5.75 Å². The molecule has 0 bridgehead atoms. The van der Waals surface area contributed by atoms with E-state index in [1.807, 2.05) is 17.4 Å². The van der Waals surface area contributed by atoms with Gasteiger partial charge in [0.2, 0.25) is 0 Å². The van der Waals surface area contributed by atoms with E-state index in [1.165, 1.54) is 17.5 Å². The summed E-state index contributed by atoms with van der Waals surface area (Å²) in [4.78, 5) is 4.09. The quantitative estimate of drug-likeness (QED) is 0.798. The minimum Gasteiger partial charge on any atom is -0.497 e. The molecule has 1 aromatic heterocycles. The van der Waals surface area contributed by atoms with E-state index < -0.39 is 0 Å². The summed E-state index contributed by atoms with van der Waals surface area (Å²) in [5.74, 6) is 0.920. The Morgan fingerprint density at radius 1 is 1.40 bits per heavy atom. The summed E-state index contributed by atoms with van der Waals surface area (Å²) < 4.78 is 6.49. The molecule has 0 amide bonds. The van der Waals surface area contributed by atoms with Crippen molar-refractivity contribution in [2.24, 2.45) is 0 Å². The van der Waals surface area contributed by atoms with Crippen LogP contribution in [0.2, 0.25) is 0 Å². The first-order valence-electron chi connectivity index (χ1n) is 6.82. The smallest absolute Gasteiger partial charge is 0.119 e. The van der Waals surface area contributed by atoms with Crippen LogP contribution in [0.5, 0.6) is 5.75 Å². The molecule has 20 heavy (non-hydrogen) atoms. The molecule has 2 nitrogen and oxygen atoms in total. The lowest BCUT2D eigenvalue weighted by molar-refractivity contribution is 0.191. The average molecular weight is 352 g/mol. The molecule has 0 saturated heterocycles. The molecule has 1 aliphatic rings. The Hall–Kier alpha value is -0.840. The Balaban J connectivity index is 1.82. The van der Waals surface area contributed by atoms with Crippen molar-refractivity contribution >= 4 is 27.3 Å². The van der Waals surface area contributed by atoms with Crippen LogP contribution in [0.15, 0.2) is 34.1 Å². The molecule has 2 aromatic rings. The summed E-state index contributed by atoms with van der Waals surface area (Å²) in [5.41, 5.74) is 2.79. The fraction of sp³-hybridized carbons (Fsp3) is 0.375. The number of nitrogens with zero attached hydrogens (tertiary/aromatic N) is 1. The van der Waals surface area contributed by atoms with Gasteiger partial charge in [0.15, 0.2) is 0 Å².